The molecule has 6 heteroatoms. The van der Waals surface area contributed by atoms with E-state index in [9.17, 15) is 0 Å². The summed E-state index contributed by atoms with van der Waals surface area (Å²) in [7, 11) is 0. The summed E-state index contributed by atoms with van der Waals surface area (Å²) < 4.78 is 0. The molecule has 1 N–H and O–H groups in total. The molecule has 0 saturated carbocycles. The van der Waals surface area contributed by atoms with Crippen molar-refractivity contribution in [3.63, 3.8) is 0 Å². The van der Waals surface area contributed by atoms with Crippen molar-refractivity contribution in [2.45, 2.75) is 6.54 Å². The average molecular weight is 310 g/mol. The van der Waals surface area contributed by atoms with Crippen molar-refractivity contribution in [3.05, 3.63) is 51.5 Å². The van der Waals surface area contributed by atoms with E-state index in [4.69, 9.17) is 23.2 Å². The van der Waals surface area contributed by atoms with Crippen LogP contribution in [0.4, 0.5) is 5.95 Å². The van der Waals surface area contributed by atoms with Crippen molar-refractivity contribution in [2.75, 3.05) is 5.32 Å². The van der Waals surface area contributed by atoms with Crippen molar-refractivity contribution in [2.24, 2.45) is 0 Å². The van der Waals surface area contributed by atoms with Gasteiger partial charge in [-0.05, 0) is 29.1 Å². The Morgan fingerprint density at radius 3 is 2.63 bits per heavy atom. The molecular weight excluding hydrogens is 301 g/mol. The standard InChI is InChI=1S/C13H9Cl2N3S/c14-9-3-1-8(2-4-9)7-16-13-17-11(15)10-5-6-19-12(10)18-13/h1-6H,7H2,(H,16,17,18). The molecule has 0 atom stereocenters. The number of aromatic nitrogens is 2. The molecule has 0 unspecified atom stereocenters. The minimum Gasteiger partial charge on any atom is -0.350 e. The van der Waals surface area contributed by atoms with Gasteiger partial charge < -0.3 is 5.32 Å². The molecule has 0 fully saturated rings. The third kappa shape index (κ3) is 2.81. The van der Waals surface area contributed by atoms with E-state index in [2.05, 4.69) is 15.3 Å². The highest BCUT2D eigenvalue weighted by atomic mass is 35.5. The number of thiophene rings is 1. The number of hydrogen-bond donors (Lipinski definition) is 1. The van der Waals surface area contributed by atoms with E-state index in [0.717, 1.165) is 20.8 Å². The van der Waals surface area contributed by atoms with Crippen molar-refractivity contribution >= 4 is 50.7 Å². The Balaban J connectivity index is 1.79. The molecule has 3 rings (SSSR count). The summed E-state index contributed by atoms with van der Waals surface area (Å²) in [6.07, 6.45) is 0. The van der Waals surface area contributed by atoms with Gasteiger partial charge in [0.1, 0.15) is 9.98 Å². The first-order chi connectivity index (χ1) is 9.22. The van der Waals surface area contributed by atoms with Crippen LogP contribution in [0, 0.1) is 0 Å². The number of anilines is 1. The Kier molecular flexibility index (Phi) is 3.55. The smallest absolute Gasteiger partial charge is 0.225 e. The second kappa shape index (κ2) is 5.33. The van der Waals surface area contributed by atoms with Crippen molar-refractivity contribution in [1.29, 1.82) is 0 Å². The van der Waals surface area contributed by atoms with E-state index in [1.807, 2.05) is 35.7 Å². The summed E-state index contributed by atoms with van der Waals surface area (Å²) in [6, 6.07) is 9.55. The topological polar surface area (TPSA) is 37.8 Å². The van der Waals surface area contributed by atoms with Crippen LogP contribution in [-0.4, -0.2) is 9.97 Å². The number of rotatable bonds is 3. The molecule has 0 radical (unpaired) electrons. The van der Waals surface area contributed by atoms with Crippen LogP contribution in [0.25, 0.3) is 10.2 Å². The minimum atomic E-state index is 0.477. The maximum atomic E-state index is 6.10. The van der Waals surface area contributed by atoms with Gasteiger partial charge >= 0.3 is 0 Å². The molecule has 1 aromatic carbocycles. The van der Waals surface area contributed by atoms with E-state index in [1.54, 1.807) is 11.3 Å². The molecule has 0 saturated heterocycles. The van der Waals surface area contributed by atoms with Gasteiger partial charge in [-0.25, -0.2) is 9.97 Å². The minimum absolute atomic E-state index is 0.477. The molecule has 19 heavy (non-hydrogen) atoms. The molecule has 0 aliphatic rings. The Hall–Kier alpha value is -1.36. The first kappa shape index (κ1) is 12.7. The van der Waals surface area contributed by atoms with Gasteiger partial charge in [0, 0.05) is 17.0 Å². The zero-order valence-electron chi connectivity index (χ0n) is 9.73. The second-order valence-electron chi connectivity index (χ2n) is 3.96. The zero-order valence-corrected chi connectivity index (χ0v) is 12.1. The molecule has 3 aromatic rings. The molecule has 2 heterocycles. The highest BCUT2D eigenvalue weighted by Crippen LogP contribution is 2.26. The lowest BCUT2D eigenvalue weighted by Gasteiger charge is -2.05. The fraction of sp³-hybridized carbons (Fsp3) is 0.0769. The van der Waals surface area contributed by atoms with Gasteiger partial charge in [0.15, 0.2) is 0 Å². The fourth-order valence-electron chi connectivity index (χ4n) is 1.68. The summed E-state index contributed by atoms with van der Waals surface area (Å²) in [5, 5.41) is 7.21. The Morgan fingerprint density at radius 2 is 1.84 bits per heavy atom. The molecule has 0 aliphatic heterocycles. The maximum Gasteiger partial charge on any atom is 0.225 e. The van der Waals surface area contributed by atoms with Crippen LogP contribution in [0.15, 0.2) is 35.7 Å². The average Bonchev–Trinajstić information content (AvgIpc) is 2.87. The van der Waals surface area contributed by atoms with E-state index in [1.165, 1.54) is 0 Å². The normalized spacial score (nSPS) is 10.8. The van der Waals surface area contributed by atoms with E-state index in [0.29, 0.717) is 17.6 Å². The van der Waals surface area contributed by atoms with Crippen LogP contribution in [0.2, 0.25) is 10.2 Å². The van der Waals surface area contributed by atoms with Crippen LogP contribution in [-0.2, 0) is 6.54 Å². The Morgan fingerprint density at radius 1 is 1.05 bits per heavy atom. The number of hydrogen-bond acceptors (Lipinski definition) is 4. The van der Waals surface area contributed by atoms with Crippen LogP contribution < -0.4 is 5.32 Å². The predicted octanol–water partition coefficient (Wildman–Crippen LogP) is 4.61. The summed E-state index contributed by atoms with van der Waals surface area (Å²) in [5.74, 6) is 0.537. The highest BCUT2D eigenvalue weighted by Gasteiger charge is 2.06. The largest absolute Gasteiger partial charge is 0.350 e. The quantitative estimate of drug-likeness (QED) is 0.718. The van der Waals surface area contributed by atoms with E-state index >= 15 is 0 Å². The first-order valence-corrected chi connectivity index (χ1v) is 7.25. The van der Waals surface area contributed by atoms with E-state index in [-0.39, 0.29) is 0 Å². The van der Waals surface area contributed by atoms with Gasteiger partial charge in [-0.15, -0.1) is 11.3 Å². The molecule has 0 bridgehead atoms. The zero-order chi connectivity index (χ0) is 13.2. The summed E-state index contributed by atoms with van der Waals surface area (Å²) in [4.78, 5) is 9.53. The summed E-state index contributed by atoms with van der Waals surface area (Å²) >= 11 is 13.5. The Bertz CT molecular complexity index is 709. The molecule has 3 nitrogen and oxygen atoms in total. The summed E-state index contributed by atoms with van der Waals surface area (Å²) in [6.45, 7) is 0.629. The Labute approximate surface area is 124 Å². The van der Waals surface area contributed by atoms with Gasteiger partial charge in [0.2, 0.25) is 5.95 Å². The van der Waals surface area contributed by atoms with Crippen LogP contribution in [0.5, 0.6) is 0 Å². The van der Waals surface area contributed by atoms with Gasteiger partial charge in [-0.3, -0.25) is 0 Å². The third-order valence-electron chi connectivity index (χ3n) is 2.64. The number of halogens is 2. The number of benzene rings is 1. The maximum absolute atomic E-state index is 6.10. The number of nitrogens with zero attached hydrogens (tertiary/aromatic N) is 2. The lowest BCUT2D eigenvalue weighted by molar-refractivity contribution is 1.07. The van der Waals surface area contributed by atoms with Crippen molar-refractivity contribution in [3.8, 4) is 0 Å². The molecule has 96 valence electrons. The van der Waals surface area contributed by atoms with Gasteiger partial charge in [0.25, 0.3) is 0 Å². The van der Waals surface area contributed by atoms with Crippen molar-refractivity contribution < 1.29 is 0 Å². The second-order valence-corrected chi connectivity index (χ2v) is 5.65. The number of fused-ring (bicyclic) bond motifs is 1. The SMILES string of the molecule is Clc1ccc(CNc2nc(Cl)c3ccsc3n2)cc1. The molecule has 0 spiro atoms. The lowest BCUT2D eigenvalue weighted by atomic mass is 10.2. The van der Waals surface area contributed by atoms with Crippen LogP contribution in [0.3, 0.4) is 0 Å². The van der Waals surface area contributed by atoms with E-state index < -0.39 is 0 Å². The highest BCUT2D eigenvalue weighted by molar-refractivity contribution is 7.16. The monoisotopic (exact) mass is 309 g/mol. The molecule has 0 amide bonds. The van der Waals surface area contributed by atoms with Crippen molar-refractivity contribution in [1.82, 2.24) is 9.97 Å². The fourth-order valence-corrected chi connectivity index (χ4v) is 2.86. The summed E-state index contributed by atoms with van der Waals surface area (Å²) in [5.41, 5.74) is 1.11. The molecular formula is C13H9Cl2N3S. The predicted molar refractivity (Wildman–Crippen MR) is 81.2 cm³/mol. The molecule has 0 aliphatic carbocycles. The van der Waals surface area contributed by atoms with Crippen LogP contribution in [0.1, 0.15) is 5.56 Å². The third-order valence-corrected chi connectivity index (χ3v) is 3.99. The van der Waals surface area contributed by atoms with Gasteiger partial charge in [0.05, 0.1) is 0 Å². The van der Waals surface area contributed by atoms with Crippen LogP contribution >= 0.6 is 34.5 Å². The first-order valence-electron chi connectivity index (χ1n) is 5.61. The lowest BCUT2D eigenvalue weighted by Crippen LogP contribution is -2.03. The molecule has 2 aromatic heterocycles. The van der Waals surface area contributed by atoms with Gasteiger partial charge in [-0.2, -0.15) is 0 Å². The number of nitrogens with one attached hydrogen (secondary N) is 1. The van der Waals surface area contributed by atoms with Gasteiger partial charge in [-0.1, -0.05) is 35.3 Å².